The Morgan fingerprint density at radius 2 is 1.89 bits per heavy atom. The molecule has 0 radical (unpaired) electrons. The second-order valence-corrected chi connectivity index (χ2v) is 5.25. The Morgan fingerprint density at radius 1 is 1.21 bits per heavy atom. The molecule has 3 nitrogen and oxygen atoms in total. The molecule has 0 saturated carbocycles. The van der Waals surface area contributed by atoms with E-state index in [-0.39, 0.29) is 11.9 Å². The first-order valence-corrected chi connectivity index (χ1v) is 6.68. The minimum Gasteiger partial charge on any atom is -0.491 e. The van der Waals surface area contributed by atoms with Crippen LogP contribution in [0.1, 0.15) is 37.9 Å². The molecule has 0 saturated heterocycles. The summed E-state index contributed by atoms with van der Waals surface area (Å²) in [5.74, 6) is 0.894. The van der Waals surface area contributed by atoms with Gasteiger partial charge in [-0.2, -0.15) is 0 Å². The van der Waals surface area contributed by atoms with Gasteiger partial charge in [-0.1, -0.05) is 13.8 Å². The number of halogens is 1. The van der Waals surface area contributed by atoms with Gasteiger partial charge >= 0.3 is 0 Å². The van der Waals surface area contributed by atoms with Gasteiger partial charge in [-0.15, -0.1) is 0 Å². The predicted molar refractivity (Wildman–Crippen MR) is 74.9 cm³/mol. The highest BCUT2D eigenvalue weighted by atomic mass is 19.1. The summed E-state index contributed by atoms with van der Waals surface area (Å²) in [5.41, 5.74) is 7.07. The Balaban J connectivity index is 2.59. The molecule has 108 valence electrons. The SMILES string of the molecule is Cc1cc(OCCOCC(C)C)c([C@@H](C)N)cc1F. The van der Waals surface area contributed by atoms with Gasteiger partial charge in [-0.05, 0) is 37.5 Å². The fourth-order valence-corrected chi connectivity index (χ4v) is 1.68. The zero-order chi connectivity index (χ0) is 14.4. The average molecular weight is 269 g/mol. The topological polar surface area (TPSA) is 44.5 Å². The van der Waals surface area contributed by atoms with Crippen LogP contribution in [0.3, 0.4) is 0 Å². The summed E-state index contributed by atoms with van der Waals surface area (Å²) >= 11 is 0. The van der Waals surface area contributed by atoms with Crippen LogP contribution in [0, 0.1) is 18.7 Å². The van der Waals surface area contributed by atoms with Crippen LogP contribution in [-0.2, 0) is 4.74 Å². The van der Waals surface area contributed by atoms with E-state index in [2.05, 4.69) is 13.8 Å². The van der Waals surface area contributed by atoms with Gasteiger partial charge in [0.2, 0.25) is 0 Å². The Hall–Kier alpha value is -1.13. The van der Waals surface area contributed by atoms with E-state index in [0.717, 1.165) is 0 Å². The van der Waals surface area contributed by atoms with Crippen LogP contribution in [0.4, 0.5) is 4.39 Å². The summed E-state index contributed by atoms with van der Waals surface area (Å²) in [4.78, 5) is 0. The standard InChI is InChI=1S/C15H24FNO2/c1-10(2)9-18-5-6-19-15-7-11(3)14(16)8-13(15)12(4)17/h7-8,10,12H,5-6,9,17H2,1-4H3/t12-/m1/s1. The zero-order valence-corrected chi connectivity index (χ0v) is 12.2. The smallest absolute Gasteiger partial charge is 0.126 e. The Morgan fingerprint density at radius 3 is 2.47 bits per heavy atom. The maximum Gasteiger partial charge on any atom is 0.126 e. The minimum atomic E-state index is -0.262. The molecular formula is C15H24FNO2. The van der Waals surface area contributed by atoms with Crippen LogP contribution in [0.15, 0.2) is 12.1 Å². The highest BCUT2D eigenvalue weighted by molar-refractivity contribution is 5.39. The van der Waals surface area contributed by atoms with Crippen LogP contribution in [0.5, 0.6) is 5.75 Å². The van der Waals surface area contributed by atoms with Gasteiger partial charge in [-0.25, -0.2) is 4.39 Å². The molecular weight excluding hydrogens is 245 g/mol. The molecule has 0 heterocycles. The van der Waals surface area contributed by atoms with Gasteiger partial charge in [0.15, 0.2) is 0 Å². The lowest BCUT2D eigenvalue weighted by Crippen LogP contribution is -2.13. The molecule has 0 spiro atoms. The van der Waals surface area contributed by atoms with Crippen molar-refractivity contribution in [3.05, 3.63) is 29.1 Å². The number of nitrogens with two attached hydrogens (primary N) is 1. The third-order valence-corrected chi connectivity index (χ3v) is 2.72. The number of benzene rings is 1. The molecule has 0 unspecified atom stereocenters. The monoisotopic (exact) mass is 269 g/mol. The first-order chi connectivity index (χ1) is 8.91. The van der Waals surface area contributed by atoms with Gasteiger partial charge in [0.25, 0.3) is 0 Å². The van der Waals surface area contributed by atoms with Crippen molar-refractivity contribution in [3.63, 3.8) is 0 Å². The van der Waals surface area contributed by atoms with E-state index in [9.17, 15) is 4.39 Å². The summed E-state index contributed by atoms with van der Waals surface area (Å²) in [7, 11) is 0. The third kappa shape index (κ3) is 5.17. The summed E-state index contributed by atoms with van der Waals surface area (Å²) in [6, 6.07) is 2.88. The van der Waals surface area contributed by atoms with Crippen molar-refractivity contribution in [1.82, 2.24) is 0 Å². The first kappa shape index (κ1) is 15.9. The number of hydrogen-bond donors (Lipinski definition) is 1. The molecule has 0 bridgehead atoms. The van der Waals surface area contributed by atoms with Crippen LogP contribution >= 0.6 is 0 Å². The maximum absolute atomic E-state index is 13.5. The van der Waals surface area contributed by atoms with E-state index in [1.807, 2.05) is 6.92 Å². The molecule has 4 heteroatoms. The van der Waals surface area contributed by atoms with Gasteiger partial charge in [0, 0.05) is 18.2 Å². The molecule has 1 rings (SSSR count). The van der Waals surface area contributed by atoms with Gasteiger partial charge in [0.05, 0.1) is 6.61 Å². The minimum absolute atomic E-state index is 0.254. The van der Waals surface area contributed by atoms with Gasteiger partial charge < -0.3 is 15.2 Å². The molecule has 19 heavy (non-hydrogen) atoms. The Labute approximate surface area is 114 Å². The van der Waals surface area contributed by atoms with E-state index in [0.29, 0.717) is 42.6 Å². The molecule has 0 fully saturated rings. The maximum atomic E-state index is 13.5. The third-order valence-electron chi connectivity index (χ3n) is 2.72. The molecule has 0 aliphatic carbocycles. The summed E-state index contributed by atoms with van der Waals surface area (Å²) < 4.78 is 24.6. The summed E-state index contributed by atoms with van der Waals surface area (Å²) in [6.07, 6.45) is 0. The molecule has 2 N–H and O–H groups in total. The van der Waals surface area contributed by atoms with Crippen LogP contribution in [-0.4, -0.2) is 19.8 Å². The van der Waals surface area contributed by atoms with Crippen LogP contribution < -0.4 is 10.5 Å². The lowest BCUT2D eigenvalue weighted by molar-refractivity contribution is 0.0815. The van der Waals surface area contributed by atoms with Crippen molar-refractivity contribution in [3.8, 4) is 5.75 Å². The second kappa shape index (κ2) is 7.46. The van der Waals surface area contributed by atoms with Gasteiger partial charge in [-0.3, -0.25) is 0 Å². The molecule has 1 aromatic rings. The average Bonchev–Trinajstić information content (AvgIpc) is 2.32. The van der Waals surface area contributed by atoms with E-state index in [4.69, 9.17) is 15.2 Å². The zero-order valence-electron chi connectivity index (χ0n) is 12.2. The lowest BCUT2D eigenvalue weighted by atomic mass is 10.1. The molecule has 0 amide bonds. The van der Waals surface area contributed by atoms with Crippen molar-refractivity contribution in [1.29, 1.82) is 0 Å². The first-order valence-electron chi connectivity index (χ1n) is 6.68. The van der Waals surface area contributed by atoms with Crippen molar-refractivity contribution in [2.45, 2.75) is 33.7 Å². The normalized spacial score (nSPS) is 12.8. The number of ether oxygens (including phenoxy) is 2. The number of aryl methyl sites for hydroxylation is 1. The second-order valence-electron chi connectivity index (χ2n) is 5.25. The largest absolute Gasteiger partial charge is 0.491 e. The van der Waals surface area contributed by atoms with E-state index in [1.54, 1.807) is 13.0 Å². The van der Waals surface area contributed by atoms with E-state index in [1.165, 1.54) is 6.07 Å². The van der Waals surface area contributed by atoms with E-state index >= 15 is 0 Å². The number of hydrogen-bond acceptors (Lipinski definition) is 3. The predicted octanol–water partition coefficient (Wildman–Crippen LogP) is 3.21. The molecule has 0 aromatic heterocycles. The van der Waals surface area contributed by atoms with Crippen molar-refractivity contribution in [2.75, 3.05) is 19.8 Å². The summed E-state index contributed by atoms with van der Waals surface area (Å²) in [5, 5.41) is 0. The molecule has 1 aromatic carbocycles. The van der Waals surface area contributed by atoms with Crippen molar-refractivity contribution in [2.24, 2.45) is 11.7 Å². The lowest BCUT2D eigenvalue weighted by Gasteiger charge is -2.15. The molecule has 0 aliphatic rings. The van der Waals surface area contributed by atoms with Crippen LogP contribution in [0.25, 0.3) is 0 Å². The summed E-state index contributed by atoms with van der Waals surface area (Å²) in [6.45, 7) is 9.39. The van der Waals surface area contributed by atoms with Gasteiger partial charge in [0.1, 0.15) is 18.2 Å². The highest BCUT2D eigenvalue weighted by Gasteiger charge is 2.12. The molecule has 0 aliphatic heterocycles. The Bertz CT molecular complexity index is 405. The van der Waals surface area contributed by atoms with Crippen molar-refractivity contribution < 1.29 is 13.9 Å². The Kier molecular flexibility index (Phi) is 6.25. The van der Waals surface area contributed by atoms with Crippen molar-refractivity contribution >= 4 is 0 Å². The quantitative estimate of drug-likeness (QED) is 0.773. The van der Waals surface area contributed by atoms with Crippen LogP contribution in [0.2, 0.25) is 0 Å². The van der Waals surface area contributed by atoms with E-state index < -0.39 is 0 Å². The fourth-order valence-electron chi connectivity index (χ4n) is 1.68. The number of rotatable bonds is 7. The fraction of sp³-hybridized carbons (Fsp3) is 0.600. The molecule has 1 atom stereocenters. The highest BCUT2D eigenvalue weighted by Crippen LogP contribution is 2.27.